The number of nitrogens with zero attached hydrogens (tertiary/aromatic N) is 4. The molecule has 2 aliphatic heterocycles. The minimum absolute atomic E-state index is 0.000455. The highest BCUT2D eigenvalue weighted by Crippen LogP contribution is 2.42. The molecule has 0 aromatic heterocycles. The first-order valence-electron chi connectivity index (χ1n) is 10.1. The van der Waals surface area contributed by atoms with Gasteiger partial charge in [-0.1, -0.05) is 18.5 Å². The molecule has 0 spiro atoms. The number of nitro groups is 1. The molecule has 2 heterocycles. The number of fused-ring (bicyclic) bond motifs is 3. The summed E-state index contributed by atoms with van der Waals surface area (Å²) in [5.74, 6) is 0.570. The van der Waals surface area contributed by atoms with Crippen molar-refractivity contribution in [2.45, 2.75) is 25.5 Å². The van der Waals surface area contributed by atoms with Gasteiger partial charge in [-0.25, -0.2) is 13.4 Å². The number of benzene rings is 2. The molecule has 9 nitrogen and oxygen atoms in total. The average molecular weight is 477 g/mol. The van der Waals surface area contributed by atoms with E-state index in [0.717, 1.165) is 24.4 Å². The number of rotatable bonds is 7. The molecular weight excluding hydrogens is 456 g/mol. The maximum absolute atomic E-state index is 12.3. The van der Waals surface area contributed by atoms with Crippen LogP contribution in [-0.2, 0) is 15.6 Å². The van der Waals surface area contributed by atoms with Gasteiger partial charge in [0.15, 0.2) is 9.84 Å². The highest BCUT2D eigenvalue weighted by molar-refractivity contribution is 7.90. The number of amidine groups is 1. The molecular formula is C21H21ClN4O5S. The number of ether oxygens (including phenoxy) is 1. The predicted octanol–water partition coefficient (Wildman–Crippen LogP) is 4.49. The Morgan fingerprint density at radius 3 is 2.84 bits per heavy atom. The third-order valence-electron chi connectivity index (χ3n) is 5.10. The average Bonchev–Trinajstić information content (AvgIpc) is 2.76. The highest BCUT2D eigenvalue weighted by atomic mass is 35.5. The molecule has 0 N–H and O–H groups in total. The summed E-state index contributed by atoms with van der Waals surface area (Å²) in [5.41, 5.74) is 1.38. The van der Waals surface area contributed by atoms with Crippen molar-refractivity contribution >= 4 is 45.0 Å². The zero-order chi connectivity index (χ0) is 22.9. The van der Waals surface area contributed by atoms with E-state index < -0.39 is 14.8 Å². The maximum atomic E-state index is 12.3. The van der Waals surface area contributed by atoms with E-state index in [4.69, 9.17) is 16.3 Å². The molecule has 0 fully saturated rings. The smallest absolute Gasteiger partial charge is 0.313 e. The Morgan fingerprint density at radius 1 is 1.28 bits per heavy atom. The van der Waals surface area contributed by atoms with Crippen molar-refractivity contribution in [3.8, 4) is 11.5 Å². The van der Waals surface area contributed by atoms with Gasteiger partial charge in [0, 0.05) is 24.7 Å². The van der Waals surface area contributed by atoms with Crippen LogP contribution in [0.3, 0.4) is 0 Å². The Hall–Kier alpha value is -2.98. The van der Waals surface area contributed by atoms with Gasteiger partial charge in [-0.15, -0.1) is 0 Å². The van der Waals surface area contributed by atoms with Crippen LogP contribution in [0.2, 0.25) is 5.02 Å². The van der Waals surface area contributed by atoms with Gasteiger partial charge in [0.05, 0.1) is 33.5 Å². The molecule has 0 saturated carbocycles. The van der Waals surface area contributed by atoms with E-state index in [1.54, 1.807) is 31.5 Å². The molecule has 0 radical (unpaired) electrons. The quantitative estimate of drug-likeness (QED) is 0.429. The standard InChI is InChI=1S/C21H21ClN4O5S/c1-2-10-32(29,30)12-14-4-7-18(26(27)28)20(19(14)22)31-15-5-6-17-16(11-15)21-23-8-3-9-25(21)13-24-17/h4-7,11,13H,2-3,8-10,12H2,1H3. The first-order chi connectivity index (χ1) is 15.3. The van der Waals surface area contributed by atoms with Crippen molar-refractivity contribution in [3.63, 3.8) is 0 Å². The van der Waals surface area contributed by atoms with E-state index in [2.05, 4.69) is 9.98 Å². The van der Waals surface area contributed by atoms with Crippen molar-refractivity contribution < 1.29 is 18.1 Å². The molecule has 0 amide bonds. The summed E-state index contributed by atoms with van der Waals surface area (Å²) in [6.45, 7) is 3.27. The van der Waals surface area contributed by atoms with E-state index in [0.29, 0.717) is 24.4 Å². The lowest BCUT2D eigenvalue weighted by Crippen LogP contribution is -2.36. The Balaban J connectivity index is 1.73. The van der Waals surface area contributed by atoms with Crippen molar-refractivity contribution in [2.75, 3.05) is 18.8 Å². The molecule has 0 unspecified atom stereocenters. The fourth-order valence-corrected chi connectivity index (χ4v) is 5.48. The number of hydrogen-bond acceptors (Lipinski definition) is 8. The largest absolute Gasteiger partial charge is 0.448 e. The zero-order valence-electron chi connectivity index (χ0n) is 17.3. The van der Waals surface area contributed by atoms with Gasteiger partial charge in [-0.3, -0.25) is 15.1 Å². The fourth-order valence-electron chi connectivity index (χ4n) is 3.65. The van der Waals surface area contributed by atoms with Crippen LogP contribution in [0.4, 0.5) is 11.4 Å². The second-order valence-electron chi connectivity index (χ2n) is 7.51. The number of aliphatic imine (C=N–C) groups is 2. The van der Waals surface area contributed by atoms with E-state index in [-0.39, 0.29) is 33.5 Å². The summed E-state index contributed by atoms with van der Waals surface area (Å²) in [5, 5.41) is 11.5. The minimum Gasteiger partial charge on any atom is -0.448 e. The van der Waals surface area contributed by atoms with Crippen molar-refractivity contribution in [1.29, 1.82) is 0 Å². The first-order valence-corrected chi connectivity index (χ1v) is 12.3. The molecule has 11 heteroatoms. The lowest BCUT2D eigenvalue weighted by Gasteiger charge is -2.29. The number of hydrogen-bond donors (Lipinski definition) is 0. The zero-order valence-corrected chi connectivity index (χ0v) is 18.9. The van der Waals surface area contributed by atoms with Crippen LogP contribution >= 0.6 is 11.6 Å². The van der Waals surface area contributed by atoms with Crippen LogP contribution in [0.5, 0.6) is 11.5 Å². The van der Waals surface area contributed by atoms with Gasteiger partial charge in [0.25, 0.3) is 0 Å². The van der Waals surface area contributed by atoms with Gasteiger partial charge < -0.3 is 9.64 Å². The van der Waals surface area contributed by atoms with E-state index in [1.165, 1.54) is 12.1 Å². The Morgan fingerprint density at radius 2 is 2.09 bits per heavy atom. The molecule has 0 atom stereocenters. The molecule has 2 aliphatic rings. The third kappa shape index (κ3) is 4.46. The highest BCUT2D eigenvalue weighted by Gasteiger charge is 2.26. The number of nitro benzene ring substituents is 1. The first kappa shape index (κ1) is 22.2. The van der Waals surface area contributed by atoms with Gasteiger partial charge in [-0.2, -0.15) is 0 Å². The summed E-state index contributed by atoms with van der Waals surface area (Å²) in [6, 6.07) is 7.66. The minimum atomic E-state index is -3.40. The van der Waals surface area contributed by atoms with Gasteiger partial charge in [-0.05, 0) is 42.7 Å². The van der Waals surface area contributed by atoms with Crippen molar-refractivity contribution in [1.82, 2.24) is 4.90 Å². The second-order valence-corrected chi connectivity index (χ2v) is 10.1. The van der Waals surface area contributed by atoms with Crippen LogP contribution in [0.1, 0.15) is 30.9 Å². The van der Waals surface area contributed by atoms with Crippen LogP contribution in [-0.4, -0.2) is 49.3 Å². The maximum Gasteiger partial charge on any atom is 0.313 e. The van der Waals surface area contributed by atoms with E-state index >= 15 is 0 Å². The molecule has 4 rings (SSSR count). The molecule has 32 heavy (non-hydrogen) atoms. The molecule has 0 saturated heterocycles. The van der Waals surface area contributed by atoms with Crippen LogP contribution in [0.25, 0.3) is 0 Å². The monoisotopic (exact) mass is 476 g/mol. The number of halogens is 1. The second kappa shape index (κ2) is 8.87. The topological polar surface area (TPSA) is 114 Å². The third-order valence-corrected chi connectivity index (χ3v) is 7.29. The summed E-state index contributed by atoms with van der Waals surface area (Å²) in [6.07, 6.45) is 3.13. The van der Waals surface area contributed by atoms with Gasteiger partial charge >= 0.3 is 5.69 Å². The van der Waals surface area contributed by atoms with Gasteiger partial charge in [0.1, 0.15) is 11.6 Å². The van der Waals surface area contributed by atoms with Crippen LogP contribution < -0.4 is 4.74 Å². The lowest BCUT2D eigenvalue weighted by atomic mass is 10.1. The molecule has 2 aromatic rings. The summed E-state index contributed by atoms with van der Waals surface area (Å²) in [4.78, 5) is 21.9. The normalized spacial score (nSPS) is 15.1. The SMILES string of the molecule is CCCS(=O)(=O)Cc1ccc([N+](=O)[O-])c(Oc2ccc3c(c2)C2=NCCCN2C=N3)c1Cl. The number of sulfone groups is 1. The van der Waals surface area contributed by atoms with Crippen molar-refractivity contribution in [2.24, 2.45) is 9.98 Å². The Labute approximate surface area is 190 Å². The molecule has 2 aromatic carbocycles. The fraction of sp³-hybridized carbons (Fsp3) is 0.333. The van der Waals surface area contributed by atoms with Crippen LogP contribution in [0.15, 0.2) is 40.3 Å². The van der Waals surface area contributed by atoms with Gasteiger partial charge in [0.2, 0.25) is 5.75 Å². The van der Waals surface area contributed by atoms with E-state index in [1.807, 2.05) is 4.90 Å². The molecule has 0 aliphatic carbocycles. The summed E-state index contributed by atoms with van der Waals surface area (Å²) in [7, 11) is -3.40. The Kier molecular flexibility index (Phi) is 6.16. The van der Waals surface area contributed by atoms with Crippen molar-refractivity contribution in [3.05, 3.63) is 56.6 Å². The summed E-state index contributed by atoms with van der Waals surface area (Å²) < 4.78 is 30.4. The molecule has 0 bridgehead atoms. The van der Waals surface area contributed by atoms with E-state index in [9.17, 15) is 18.5 Å². The molecule has 168 valence electrons. The predicted molar refractivity (Wildman–Crippen MR) is 123 cm³/mol. The Bertz CT molecular complexity index is 1240. The lowest BCUT2D eigenvalue weighted by molar-refractivity contribution is -0.385. The summed E-state index contributed by atoms with van der Waals surface area (Å²) >= 11 is 6.42. The van der Waals surface area contributed by atoms with Crippen LogP contribution in [0, 0.1) is 10.1 Å².